The summed E-state index contributed by atoms with van der Waals surface area (Å²) in [5.41, 5.74) is 8.78. The van der Waals surface area contributed by atoms with Crippen molar-refractivity contribution >= 4 is 22.8 Å². The predicted octanol–water partition coefficient (Wildman–Crippen LogP) is 1.81. The van der Waals surface area contributed by atoms with Gasteiger partial charge in [0.1, 0.15) is 5.69 Å². The molecule has 0 aliphatic carbocycles. The zero-order chi connectivity index (χ0) is 15.8. The number of nitrogens with zero attached hydrogens (tertiary/aromatic N) is 4. The van der Waals surface area contributed by atoms with E-state index in [1.807, 2.05) is 30.3 Å². The third kappa shape index (κ3) is 2.48. The molecule has 1 aromatic carbocycles. The van der Waals surface area contributed by atoms with Gasteiger partial charge in [0, 0.05) is 18.1 Å². The SMILES string of the molecule is Nc1ncc2c(n1)CN(C(=O)c1ccc3ccccc3n1)CC2. The molecular weight excluding hydrogens is 290 g/mol. The predicted molar refractivity (Wildman–Crippen MR) is 86.6 cm³/mol. The summed E-state index contributed by atoms with van der Waals surface area (Å²) in [6.45, 7) is 1.07. The van der Waals surface area contributed by atoms with Gasteiger partial charge < -0.3 is 10.6 Å². The number of hydrogen-bond donors (Lipinski definition) is 1. The number of amides is 1. The molecule has 0 fully saturated rings. The van der Waals surface area contributed by atoms with E-state index < -0.39 is 0 Å². The minimum absolute atomic E-state index is 0.0846. The lowest BCUT2D eigenvalue weighted by Crippen LogP contribution is -2.37. The fraction of sp³-hybridized carbons (Fsp3) is 0.176. The van der Waals surface area contributed by atoms with Crippen molar-refractivity contribution in [3.05, 3.63) is 59.5 Å². The van der Waals surface area contributed by atoms with Crippen molar-refractivity contribution in [1.29, 1.82) is 0 Å². The Balaban J connectivity index is 1.63. The monoisotopic (exact) mass is 305 g/mol. The van der Waals surface area contributed by atoms with Gasteiger partial charge in [-0.15, -0.1) is 0 Å². The lowest BCUT2D eigenvalue weighted by atomic mass is 10.1. The van der Waals surface area contributed by atoms with Crippen LogP contribution < -0.4 is 5.73 Å². The van der Waals surface area contributed by atoms with Crippen molar-refractivity contribution in [2.45, 2.75) is 13.0 Å². The van der Waals surface area contributed by atoms with E-state index in [2.05, 4.69) is 15.0 Å². The van der Waals surface area contributed by atoms with E-state index >= 15 is 0 Å². The number of para-hydroxylation sites is 1. The molecular formula is C17H15N5O. The van der Waals surface area contributed by atoms with Crippen LogP contribution in [-0.2, 0) is 13.0 Å². The van der Waals surface area contributed by atoms with Gasteiger partial charge in [0.05, 0.1) is 17.8 Å². The van der Waals surface area contributed by atoms with Crippen molar-refractivity contribution in [2.75, 3.05) is 12.3 Å². The molecule has 0 saturated carbocycles. The summed E-state index contributed by atoms with van der Waals surface area (Å²) in [5, 5.41) is 1.02. The minimum atomic E-state index is -0.0846. The van der Waals surface area contributed by atoms with Gasteiger partial charge in [-0.3, -0.25) is 4.79 Å². The molecule has 0 radical (unpaired) electrons. The summed E-state index contributed by atoms with van der Waals surface area (Å²) in [6.07, 6.45) is 2.47. The maximum atomic E-state index is 12.7. The average Bonchev–Trinajstić information content (AvgIpc) is 2.60. The third-order valence-corrected chi connectivity index (χ3v) is 4.07. The number of fused-ring (bicyclic) bond motifs is 2. The molecule has 3 aromatic rings. The number of benzene rings is 1. The molecule has 0 atom stereocenters. The molecule has 2 N–H and O–H groups in total. The maximum absolute atomic E-state index is 12.7. The van der Waals surface area contributed by atoms with Crippen LogP contribution in [-0.4, -0.2) is 32.3 Å². The van der Waals surface area contributed by atoms with Crippen molar-refractivity contribution in [1.82, 2.24) is 19.9 Å². The van der Waals surface area contributed by atoms with E-state index in [9.17, 15) is 4.79 Å². The van der Waals surface area contributed by atoms with Crippen molar-refractivity contribution in [2.24, 2.45) is 0 Å². The van der Waals surface area contributed by atoms with E-state index in [0.29, 0.717) is 18.8 Å². The highest BCUT2D eigenvalue weighted by molar-refractivity contribution is 5.95. The van der Waals surface area contributed by atoms with Gasteiger partial charge in [0.2, 0.25) is 5.95 Å². The highest BCUT2D eigenvalue weighted by Crippen LogP contribution is 2.19. The van der Waals surface area contributed by atoms with Crippen LogP contribution in [0.1, 0.15) is 21.7 Å². The first-order valence-electron chi connectivity index (χ1n) is 7.46. The minimum Gasteiger partial charge on any atom is -0.368 e. The molecule has 3 heterocycles. The van der Waals surface area contributed by atoms with Crippen molar-refractivity contribution < 1.29 is 4.79 Å². The Bertz CT molecular complexity index is 908. The molecule has 2 aromatic heterocycles. The fourth-order valence-corrected chi connectivity index (χ4v) is 2.84. The van der Waals surface area contributed by atoms with Crippen molar-refractivity contribution in [3.63, 3.8) is 0 Å². The molecule has 1 aliphatic rings. The molecule has 0 spiro atoms. The zero-order valence-corrected chi connectivity index (χ0v) is 12.4. The Morgan fingerprint density at radius 2 is 2.00 bits per heavy atom. The van der Waals surface area contributed by atoms with Crippen LogP contribution in [0.15, 0.2) is 42.6 Å². The second-order valence-electron chi connectivity index (χ2n) is 5.57. The Labute approximate surface area is 133 Å². The topological polar surface area (TPSA) is 85.0 Å². The number of rotatable bonds is 1. The quantitative estimate of drug-likeness (QED) is 0.741. The van der Waals surface area contributed by atoms with Gasteiger partial charge in [-0.05, 0) is 24.1 Å². The van der Waals surface area contributed by atoms with Crippen molar-refractivity contribution in [3.8, 4) is 0 Å². The molecule has 0 unspecified atom stereocenters. The fourth-order valence-electron chi connectivity index (χ4n) is 2.84. The van der Waals surface area contributed by atoms with Crippen LogP contribution in [0.25, 0.3) is 10.9 Å². The van der Waals surface area contributed by atoms with Gasteiger partial charge in [0.25, 0.3) is 5.91 Å². The molecule has 6 nitrogen and oxygen atoms in total. The molecule has 1 aliphatic heterocycles. The first-order valence-corrected chi connectivity index (χ1v) is 7.46. The summed E-state index contributed by atoms with van der Waals surface area (Å²) < 4.78 is 0. The van der Waals surface area contributed by atoms with Crippen LogP contribution in [0.5, 0.6) is 0 Å². The Hall–Kier alpha value is -3.02. The number of hydrogen-bond acceptors (Lipinski definition) is 5. The average molecular weight is 305 g/mol. The Kier molecular flexibility index (Phi) is 3.15. The number of pyridine rings is 1. The number of carbonyl (C=O) groups is 1. The van der Waals surface area contributed by atoms with E-state index in [1.54, 1.807) is 17.2 Å². The number of carbonyl (C=O) groups excluding carboxylic acids is 1. The van der Waals surface area contributed by atoms with E-state index in [1.165, 1.54) is 0 Å². The van der Waals surface area contributed by atoms with Crippen LogP contribution in [0.3, 0.4) is 0 Å². The summed E-state index contributed by atoms with van der Waals surface area (Å²) in [7, 11) is 0. The summed E-state index contributed by atoms with van der Waals surface area (Å²) in [5.74, 6) is 0.153. The number of nitrogen functional groups attached to an aromatic ring is 1. The van der Waals surface area contributed by atoms with E-state index in [4.69, 9.17) is 5.73 Å². The van der Waals surface area contributed by atoms with Gasteiger partial charge >= 0.3 is 0 Å². The van der Waals surface area contributed by atoms with E-state index in [0.717, 1.165) is 28.6 Å². The summed E-state index contributed by atoms with van der Waals surface area (Å²) >= 11 is 0. The first kappa shape index (κ1) is 13.6. The molecule has 0 bridgehead atoms. The van der Waals surface area contributed by atoms with Crippen LogP contribution in [0, 0.1) is 0 Å². The van der Waals surface area contributed by atoms with Crippen LogP contribution in [0.2, 0.25) is 0 Å². The number of aromatic nitrogens is 3. The second-order valence-corrected chi connectivity index (χ2v) is 5.57. The maximum Gasteiger partial charge on any atom is 0.272 e. The largest absolute Gasteiger partial charge is 0.368 e. The second kappa shape index (κ2) is 5.31. The molecule has 4 rings (SSSR count). The number of nitrogens with two attached hydrogens (primary N) is 1. The lowest BCUT2D eigenvalue weighted by molar-refractivity contribution is 0.0726. The first-order chi connectivity index (χ1) is 11.2. The summed E-state index contributed by atoms with van der Waals surface area (Å²) in [6, 6.07) is 11.5. The van der Waals surface area contributed by atoms with Gasteiger partial charge in [-0.25, -0.2) is 15.0 Å². The third-order valence-electron chi connectivity index (χ3n) is 4.07. The standard InChI is InChI=1S/C17H15N5O/c18-17-19-9-12-7-8-22(10-15(12)21-17)16(23)14-6-5-11-3-1-2-4-13(11)20-14/h1-6,9H,7-8,10H2,(H2,18,19,21). The molecule has 1 amide bonds. The van der Waals surface area contributed by atoms with Crippen LogP contribution >= 0.6 is 0 Å². The lowest BCUT2D eigenvalue weighted by Gasteiger charge is -2.27. The smallest absolute Gasteiger partial charge is 0.272 e. The molecule has 114 valence electrons. The molecule has 0 saturated heterocycles. The highest BCUT2D eigenvalue weighted by atomic mass is 16.2. The Morgan fingerprint density at radius 3 is 2.91 bits per heavy atom. The van der Waals surface area contributed by atoms with Crippen LogP contribution in [0.4, 0.5) is 5.95 Å². The number of anilines is 1. The molecule has 23 heavy (non-hydrogen) atoms. The van der Waals surface area contributed by atoms with Gasteiger partial charge in [0.15, 0.2) is 0 Å². The van der Waals surface area contributed by atoms with Gasteiger partial charge in [-0.2, -0.15) is 0 Å². The highest BCUT2D eigenvalue weighted by Gasteiger charge is 2.24. The Morgan fingerprint density at radius 1 is 1.13 bits per heavy atom. The summed E-state index contributed by atoms with van der Waals surface area (Å²) in [4.78, 5) is 27.2. The normalized spacial score (nSPS) is 13.8. The van der Waals surface area contributed by atoms with E-state index in [-0.39, 0.29) is 11.9 Å². The zero-order valence-electron chi connectivity index (χ0n) is 12.4. The molecule has 6 heteroatoms. The van der Waals surface area contributed by atoms with Gasteiger partial charge in [-0.1, -0.05) is 24.3 Å².